The normalized spacial score (nSPS) is 14.3. The van der Waals surface area contributed by atoms with E-state index in [0.717, 1.165) is 50.1 Å². The third-order valence-electron chi connectivity index (χ3n) is 13.4. The third-order valence-corrected chi connectivity index (χ3v) is 14.5. The summed E-state index contributed by atoms with van der Waals surface area (Å²) in [6, 6.07) is 86.4. The van der Waals surface area contributed by atoms with Gasteiger partial charge in [-0.3, -0.25) is 0 Å². The van der Waals surface area contributed by atoms with Crippen LogP contribution < -0.4 is 4.90 Å². The van der Waals surface area contributed by atoms with Crippen molar-refractivity contribution in [2.24, 2.45) is 0 Å². The molecule has 300 valence electrons. The average molecular weight is 834 g/mol. The zero-order valence-corrected chi connectivity index (χ0v) is 35.6. The smallest absolute Gasteiger partial charge is 0.140 e. The van der Waals surface area contributed by atoms with Crippen molar-refractivity contribution in [3.63, 3.8) is 0 Å². The molecule has 1 unspecified atom stereocenters. The fourth-order valence-electron chi connectivity index (χ4n) is 10.5. The lowest BCUT2D eigenvalue weighted by Gasteiger charge is -2.34. The number of hydrogen-bond donors (Lipinski definition) is 0. The Kier molecular flexibility index (Phi) is 8.34. The van der Waals surface area contributed by atoms with Gasteiger partial charge < -0.3 is 9.32 Å². The molecule has 12 aromatic rings. The minimum absolute atomic E-state index is 0.621. The Balaban J connectivity index is 0.964. The predicted octanol–water partition coefficient (Wildman–Crippen LogP) is 17.1. The van der Waals surface area contributed by atoms with E-state index in [1.165, 1.54) is 64.7 Å². The van der Waals surface area contributed by atoms with E-state index in [0.29, 0.717) is 0 Å². The van der Waals surface area contributed by atoms with Gasteiger partial charge in [-0.05, 0) is 105 Å². The Morgan fingerprint density at radius 1 is 0.344 bits per heavy atom. The van der Waals surface area contributed by atoms with Gasteiger partial charge in [0.15, 0.2) is 0 Å². The summed E-state index contributed by atoms with van der Waals surface area (Å²) in [6.07, 6.45) is 0. The molecule has 0 bridgehead atoms. The topological polar surface area (TPSA) is 16.4 Å². The van der Waals surface area contributed by atoms with E-state index < -0.39 is 5.41 Å². The lowest BCUT2D eigenvalue weighted by atomic mass is 9.67. The van der Waals surface area contributed by atoms with E-state index in [1.54, 1.807) is 0 Å². The maximum absolute atomic E-state index is 6.86. The minimum Gasteiger partial charge on any atom is -0.456 e. The molecule has 0 saturated carbocycles. The molecule has 13 rings (SSSR count). The number of furan rings is 1. The highest BCUT2D eigenvalue weighted by Crippen LogP contribution is 2.58. The summed E-state index contributed by atoms with van der Waals surface area (Å²) in [7, 11) is 0. The summed E-state index contributed by atoms with van der Waals surface area (Å²) >= 11 is 1.85. The van der Waals surface area contributed by atoms with Gasteiger partial charge in [0.25, 0.3) is 0 Å². The van der Waals surface area contributed by atoms with Crippen LogP contribution in [0.15, 0.2) is 241 Å². The van der Waals surface area contributed by atoms with Crippen molar-refractivity contribution in [1.29, 1.82) is 0 Å². The number of hydrogen-bond acceptors (Lipinski definition) is 3. The first-order chi connectivity index (χ1) is 31.7. The van der Waals surface area contributed by atoms with Crippen molar-refractivity contribution in [3.8, 4) is 33.4 Å². The molecule has 2 aromatic heterocycles. The second kappa shape index (κ2) is 14.6. The van der Waals surface area contributed by atoms with Crippen LogP contribution in [0.3, 0.4) is 0 Å². The molecule has 0 aliphatic heterocycles. The van der Waals surface area contributed by atoms with E-state index in [4.69, 9.17) is 4.42 Å². The fraction of sp³-hybridized carbons (Fsp3) is 0.0164. The number of thiophene rings is 1. The number of benzene rings is 10. The van der Waals surface area contributed by atoms with Gasteiger partial charge in [-0.15, -0.1) is 11.3 Å². The lowest BCUT2D eigenvalue weighted by Crippen LogP contribution is -2.28. The molecular formula is C61H39NOS. The molecule has 10 aromatic carbocycles. The van der Waals surface area contributed by atoms with E-state index in [9.17, 15) is 0 Å². The van der Waals surface area contributed by atoms with Gasteiger partial charge in [-0.2, -0.15) is 0 Å². The summed E-state index contributed by atoms with van der Waals surface area (Å²) in [5, 5.41) is 4.86. The zero-order valence-electron chi connectivity index (χ0n) is 34.8. The largest absolute Gasteiger partial charge is 0.456 e. The molecule has 0 amide bonds. The zero-order chi connectivity index (χ0) is 42.2. The summed E-state index contributed by atoms with van der Waals surface area (Å²) in [5.41, 5.74) is 16.6. The van der Waals surface area contributed by atoms with Gasteiger partial charge >= 0.3 is 0 Å². The highest BCUT2D eigenvalue weighted by Gasteiger charge is 2.47. The Labute approximate surface area is 375 Å². The maximum Gasteiger partial charge on any atom is 0.140 e. The number of para-hydroxylation sites is 2. The SMILES string of the molecule is c1ccc(-c2ccc(N(c3ccc(-c4ccc5c(c4)C(c4ccccc4)(c4cccc6c4oc4ccccc46)c4ccccc4-5)cc3)c3ccc4c(c3)sc3ccccc34)cc2)cc1. The van der Waals surface area contributed by atoms with Gasteiger partial charge in [-0.25, -0.2) is 0 Å². The van der Waals surface area contributed by atoms with Crippen LogP contribution in [-0.2, 0) is 5.41 Å². The molecule has 1 aliphatic rings. The molecule has 2 heterocycles. The highest BCUT2D eigenvalue weighted by atomic mass is 32.1. The van der Waals surface area contributed by atoms with Gasteiger partial charge in [0.1, 0.15) is 11.2 Å². The van der Waals surface area contributed by atoms with Gasteiger partial charge in [0, 0.05) is 53.6 Å². The van der Waals surface area contributed by atoms with Crippen LogP contribution in [0.4, 0.5) is 17.1 Å². The molecule has 0 saturated heterocycles. The second-order valence-corrected chi connectivity index (χ2v) is 17.9. The summed E-state index contributed by atoms with van der Waals surface area (Å²) < 4.78 is 9.44. The third kappa shape index (κ3) is 5.58. The molecule has 0 N–H and O–H groups in total. The maximum atomic E-state index is 6.86. The summed E-state index contributed by atoms with van der Waals surface area (Å²) in [5.74, 6) is 0. The van der Waals surface area contributed by atoms with E-state index in [-0.39, 0.29) is 0 Å². The number of anilines is 3. The van der Waals surface area contributed by atoms with Crippen LogP contribution >= 0.6 is 11.3 Å². The van der Waals surface area contributed by atoms with E-state index in [1.807, 2.05) is 11.3 Å². The number of fused-ring (bicyclic) bond motifs is 9. The molecule has 64 heavy (non-hydrogen) atoms. The van der Waals surface area contributed by atoms with Crippen molar-refractivity contribution in [3.05, 3.63) is 259 Å². The average Bonchev–Trinajstić information content (AvgIpc) is 4.03. The Hall–Kier alpha value is -7.98. The van der Waals surface area contributed by atoms with Crippen LogP contribution in [-0.4, -0.2) is 0 Å². The van der Waals surface area contributed by atoms with Crippen LogP contribution in [0.2, 0.25) is 0 Å². The van der Waals surface area contributed by atoms with Crippen LogP contribution in [0, 0.1) is 0 Å². The molecule has 0 radical (unpaired) electrons. The quantitative estimate of drug-likeness (QED) is 0.159. The van der Waals surface area contributed by atoms with Crippen molar-refractivity contribution < 1.29 is 4.42 Å². The predicted molar refractivity (Wildman–Crippen MR) is 269 cm³/mol. The van der Waals surface area contributed by atoms with Gasteiger partial charge in [-0.1, -0.05) is 182 Å². The molecule has 0 spiro atoms. The first-order valence-corrected chi connectivity index (χ1v) is 22.7. The molecule has 3 heteroatoms. The van der Waals surface area contributed by atoms with Crippen LogP contribution in [0.25, 0.3) is 75.5 Å². The lowest BCUT2D eigenvalue weighted by molar-refractivity contribution is 0.648. The highest BCUT2D eigenvalue weighted by molar-refractivity contribution is 7.25. The molecule has 0 fully saturated rings. The van der Waals surface area contributed by atoms with E-state index >= 15 is 0 Å². The summed E-state index contributed by atoms with van der Waals surface area (Å²) in [6.45, 7) is 0. The minimum atomic E-state index is -0.621. The molecular weight excluding hydrogens is 795 g/mol. The first kappa shape index (κ1) is 36.7. The van der Waals surface area contributed by atoms with Crippen molar-refractivity contribution in [2.75, 3.05) is 4.90 Å². The molecule has 2 nitrogen and oxygen atoms in total. The number of rotatable bonds is 7. The number of nitrogens with zero attached hydrogens (tertiary/aromatic N) is 1. The van der Waals surface area contributed by atoms with Crippen LogP contribution in [0.5, 0.6) is 0 Å². The standard InChI is InChI=1S/C61H39NOS/c1-3-14-40(15-4-1)41-26-31-45(32-27-41)62(47-35-37-52-51-20-9-12-25-58(51)64-59(52)39-47)46-33-28-42(29-34-46)43-30-36-49-48-18-7-10-22-54(48)61(56(49)38-43,44-16-5-2-6-17-44)55-23-13-21-53-50-19-8-11-24-57(50)63-60(53)55/h1-39H. The van der Waals surface area contributed by atoms with E-state index in [2.05, 4.69) is 241 Å². The summed E-state index contributed by atoms with van der Waals surface area (Å²) in [4.78, 5) is 2.39. The van der Waals surface area contributed by atoms with Crippen LogP contribution in [0.1, 0.15) is 22.3 Å². The molecule has 1 aliphatic carbocycles. The Morgan fingerprint density at radius 2 is 0.906 bits per heavy atom. The van der Waals surface area contributed by atoms with Crippen molar-refractivity contribution >= 4 is 70.5 Å². The fourth-order valence-corrected chi connectivity index (χ4v) is 11.6. The Morgan fingerprint density at radius 3 is 1.70 bits per heavy atom. The van der Waals surface area contributed by atoms with Crippen molar-refractivity contribution in [2.45, 2.75) is 5.41 Å². The van der Waals surface area contributed by atoms with Crippen molar-refractivity contribution in [1.82, 2.24) is 0 Å². The Bertz CT molecular complexity index is 3720. The second-order valence-electron chi connectivity index (χ2n) is 16.8. The first-order valence-electron chi connectivity index (χ1n) is 21.9. The monoisotopic (exact) mass is 833 g/mol. The molecule has 1 atom stereocenters. The van der Waals surface area contributed by atoms with Gasteiger partial charge in [0.2, 0.25) is 0 Å². The van der Waals surface area contributed by atoms with Gasteiger partial charge in [0.05, 0.1) is 5.41 Å².